The zero-order chi connectivity index (χ0) is 19.6. The number of allylic oxidation sites excluding steroid dienone is 4. The average molecular weight is 389 g/mol. The van der Waals surface area contributed by atoms with E-state index < -0.39 is 0 Å². The minimum absolute atomic E-state index is 0.0416. The van der Waals surface area contributed by atoms with Gasteiger partial charge in [0.25, 0.3) is 5.56 Å². The predicted octanol–water partition coefficient (Wildman–Crippen LogP) is 2.77. The highest BCUT2D eigenvalue weighted by atomic mass is 35.5. The monoisotopic (exact) mass is 388 g/mol. The molecular formula is C20H25ClN4O2. The summed E-state index contributed by atoms with van der Waals surface area (Å²) in [7, 11) is 1.56. The Hall–Kier alpha value is -2.23. The molecule has 1 aromatic heterocycles. The summed E-state index contributed by atoms with van der Waals surface area (Å²) in [6.07, 6.45) is 5.00. The van der Waals surface area contributed by atoms with Crippen LogP contribution in [0, 0.1) is 17.8 Å². The lowest BCUT2D eigenvalue weighted by Gasteiger charge is -2.38. The van der Waals surface area contributed by atoms with Crippen molar-refractivity contribution in [2.24, 2.45) is 13.0 Å². The molecule has 1 saturated heterocycles. The van der Waals surface area contributed by atoms with Crippen LogP contribution in [0.5, 0.6) is 0 Å². The number of nitrogens with one attached hydrogen (secondary N) is 1. The number of aromatic nitrogens is 2. The molecule has 144 valence electrons. The molecular weight excluding hydrogens is 364 g/mol. The first-order valence-corrected chi connectivity index (χ1v) is 9.47. The quantitative estimate of drug-likeness (QED) is 0.759. The molecule has 27 heavy (non-hydrogen) atoms. The number of hydrogen-bond acceptors (Lipinski definition) is 5. The molecule has 1 aliphatic carbocycles. The van der Waals surface area contributed by atoms with Gasteiger partial charge in [0.2, 0.25) is 0 Å². The van der Waals surface area contributed by atoms with E-state index in [9.17, 15) is 4.79 Å². The Morgan fingerprint density at radius 2 is 2.15 bits per heavy atom. The predicted molar refractivity (Wildman–Crippen MR) is 107 cm³/mol. The molecule has 1 unspecified atom stereocenters. The lowest BCUT2D eigenvalue weighted by Crippen LogP contribution is -2.47. The van der Waals surface area contributed by atoms with Crippen LogP contribution in [0.15, 0.2) is 34.5 Å². The first-order valence-electron chi connectivity index (χ1n) is 9.09. The van der Waals surface area contributed by atoms with Crippen LogP contribution < -0.4 is 10.9 Å². The molecule has 0 bridgehead atoms. The maximum absolute atomic E-state index is 12.2. The normalized spacial score (nSPS) is 19.8. The Bertz CT molecular complexity index is 901. The van der Waals surface area contributed by atoms with Crippen molar-refractivity contribution in [3.63, 3.8) is 0 Å². The van der Waals surface area contributed by atoms with Gasteiger partial charge in [0, 0.05) is 19.7 Å². The molecule has 1 aliphatic heterocycles. The summed E-state index contributed by atoms with van der Waals surface area (Å²) in [4.78, 5) is 14.6. The number of hydrogen-bond donors (Lipinski definition) is 1. The van der Waals surface area contributed by atoms with Crippen molar-refractivity contribution < 1.29 is 4.74 Å². The number of nitrogens with zero attached hydrogens (tertiary/aromatic N) is 3. The zero-order valence-corrected chi connectivity index (χ0v) is 16.9. The second-order valence-electron chi connectivity index (χ2n) is 7.57. The second-order valence-corrected chi connectivity index (χ2v) is 7.95. The van der Waals surface area contributed by atoms with Gasteiger partial charge in [-0.05, 0) is 58.4 Å². The first kappa shape index (κ1) is 19.5. The molecule has 0 spiro atoms. The van der Waals surface area contributed by atoms with E-state index >= 15 is 0 Å². The van der Waals surface area contributed by atoms with E-state index in [4.69, 9.17) is 16.3 Å². The number of aryl methyl sites for hydroxylation is 1. The topological polar surface area (TPSA) is 59.4 Å². The summed E-state index contributed by atoms with van der Waals surface area (Å²) in [6.45, 7) is 9.38. The van der Waals surface area contributed by atoms with Crippen LogP contribution in [-0.4, -0.2) is 39.9 Å². The molecule has 1 N–H and O–H groups in total. The number of halogens is 1. The lowest BCUT2D eigenvalue weighted by atomic mass is 10.0. The standard InChI is InChI=1S/C20H25ClN4O2/c1-14-6-7-15(22-16-12-18(21)23-24(4)19(16)26)8-9-17(14)27-20(2,3)13-25-10-5-11-25/h8-9,12,14,22H,5,10-11,13H2,1-4H3. The van der Waals surface area contributed by atoms with Crippen molar-refractivity contribution in [2.45, 2.75) is 32.8 Å². The van der Waals surface area contributed by atoms with Crippen LogP contribution in [-0.2, 0) is 11.8 Å². The molecule has 0 aromatic carbocycles. The molecule has 0 amide bonds. The molecule has 7 heteroatoms. The van der Waals surface area contributed by atoms with Gasteiger partial charge in [0.1, 0.15) is 17.0 Å². The summed E-state index contributed by atoms with van der Waals surface area (Å²) in [5.74, 6) is 7.03. The average Bonchev–Trinajstić information content (AvgIpc) is 2.71. The fourth-order valence-corrected chi connectivity index (χ4v) is 3.26. The fourth-order valence-electron chi connectivity index (χ4n) is 3.04. The summed E-state index contributed by atoms with van der Waals surface area (Å²) in [5, 5.41) is 7.17. The number of rotatable bonds is 6. The van der Waals surface area contributed by atoms with E-state index in [-0.39, 0.29) is 22.2 Å². The smallest absolute Gasteiger partial charge is 0.290 e. The van der Waals surface area contributed by atoms with Gasteiger partial charge in [-0.1, -0.05) is 17.5 Å². The Morgan fingerprint density at radius 3 is 2.81 bits per heavy atom. The van der Waals surface area contributed by atoms with Gasteiger partial charge in [0.15, 0.2) is 5.15 Å². The van der Waals surface area contributed by atoms with E-state index in [1.807, 2.05) is 19.1 Å². The van der Waals surface area contributed by atoms with Crippen LogP contribution in [0.3, 0.4) is 0 Å². The Morgan fingerprint density at radius 1 is 1.41 bits per heavy atom. The molecule has 2 aliphatic rings. The Balaban J connectivity index is 1.76. The summed E-state index contributed by atoms with van der Waals surface area (Å²) in [6, 6.07) is 1.50. The van der Waals surface area contributed by atoms with Gasteiger partial charge in [-0.3, -0.25) is 9.69 Å². The van der Waals surface area contributed by atoms with E-state index in [1.54, 1.807) is 7.05 Å². The second kappa shape index (κ2) is 7.79. The zero-order valence-electron chi connectivity index (χ0n) is 16.2. The summed E-state index contributed by atoms with van der Waals surface area (Å²) >= 11 is 5.95. The summed E-state index contributed by atoms with van der Waals surface area (Å²) in [5.41, 5.74) is 0.389. The molecule has 0 saturated carbocycles. The molecule has 1 fully saturated rings. The molecule has 3 rings (SSSR count). The van der Waals surface area contributed by atoms with Gasteiger partial charge in [0.05, 0.1) is 11.6 Å². The minimum Gasteiger partial charge on any atom is -0.490 e. The summed E-state index contributed by atoms with van der Waals surface area (Å²) < 4.78 is 7.48. The van der Waals surface area contributed by atoms with Crippen LogP contribution in [0.2, 0.25) is 5.15 Å². The SMILES string of the molecule is CC1C#CC(Nc2cc(Cl)nn(C)c2=O)=CC=C1OC(C)(C)CN1CCC1. The van der Waals surface area contributed by atoms with Crippen molar-refractivity contribution in [3.05, 3.63) is 45.2 Å². The van der Waals surface area contributed by atoms with Crippen LogP contribution >= 0.6 is 11.6 Å². The number of anilines is 1. The fraction of sp³-hybridized carbons (Fsp3) is 0.500. The van der Waals surface area contributed by atoms with Crippen molar-refractivity contribution in [2.75, 3.05) is 25.0 Å². The van der Waals surface area contributed by atoms with Crippen LogP contribution in [0.1, 0.15) is 27.2 Å². The van der Waals surface area contributed by atoms with Gasteiger partial charge < -0.3 is 10.1 Å². The first-order chi connectivity index (χ1) is 12.7. The highest BCUT2D eigenvalue weighted by molar-refractivity contribution is 6.29. The maximum Gasteiger partial charge on any atom is 0.290 e. The third-order valence-electron chi connectivity index (χ3n) is 4.51. The number of likely N-dealkylation sites (tertiary alicyclic amines) is 1. The van der Waals surface area contributed by atoms with Crippen molar-refractivity contribution >= 4 is 17.3 Å². The van der Waals surface area contributed by atoms with E-state index in [2.05, 4.69) is 41.0 Å². The van der Waals surface area contributed by atoms with E-state index in [1.165, 1.54) is 17.2 Å². The third-order valence-corrected chi connectivity index (χ3v) is 4.70. The molecule has 1 atom stereocenters. The van der Waals surface area contributed by atoms with Crippen LogP contribution in [0.25, 0.3) is 0 Å². The van der Waals surface area contributed by atoms with Crippen molar-refractivity contribution in [3.8, 4) is 11.8 Å². The largest absolute Gasteiger partial charge is 0.490 e. The van der Waals surface area contributed by atoms with Gasteiger partial charge in [-0.25, -0.2) is 4.68 Å². The van der Waals surface area contributed by atoms with Crippen molar-refractivity contribution in [1.29, 1.82) is 0 Å². The van der Waals surface area contributed by atoms with Crippen LogP contribution in [0.4, 0.5) is 5.69 Å². The maximum atomic E-state index is 12.2. The van der Waals surface area contributed by atoms with Gasteiger partial charge >= 0.3 is 0 Å². The molecule has 2 heterocycles. The third kappa shape index (κ3) is 4.94. The van der Waals surface area contributed by atoms with Gasteiger partial charge in [-0.2, -0.15) is 5.10 Å². The Kier molecular flexibility index (Phi) is 5.64. The molecule has 0 radical (unpaired) electrons. The van der Waals surface area contributed by atoms with Crippen molar-refractivity contribution in [1.82, 2.24) is 14.7 Å². The van der Waals surface area contributed by atoms with E-state index in [0.717, 1.165) is 25.4 Å². The highest BCUT2D eigenvalue weighted by Crippen LogP contribution is 2.25. The lowest BCUT2D eigenvalue weighted by molar-refractivity contribution is -0.0188. The van der Waals surface area contributed by atoms with E-state index in [0.29, 0.717) is 11.4 Å². The Labute approximate surface area is 164 Å². The number of ether oxygens (including phenoxy) is 1. The molecule has 1 aromatic rings. The molecule has 6 nitrogen and oxygen atoms in total. The highest BCUT2D eigenvalue weighted by Gasteiger charge is 2.28. The van der Waals surface area contributed by atoms with Gasteiger partial charge in [-0.15, -0.1) is 0 Å². The minimum atomic E-state index is -0.289.